The third kappa shape index (κ3) is 1.23. The number of fused-ring (bicyclic) bond motifs is 1. The number of benzene rings is 1. The lowest BCUT2D eigenvalue weighted by molar-refractivity contribution is 0.101. The number of nitrogens with zero attached hydrogens (tertiary/aromatic N) is 1. The van der Waals surface area contributed by atoms with Gasteiger partial charge in [-0.25, -0.2) is 0 Å². The second kappa shape index (κ2) is 2.98. The molecule has 1 heterocycles. The lowest BCUT2D eigenvalue weighted by atomic mass is 10.1. The minimum absolute atomic E-state index is 0.126. The second-order valence-corrected chi connectivity index (χ2v) is 3.73. The van der Waals surface area contributed by atoms with E-state index in [1.54, 1.807) is 6.92 Å². The van der Waals surface area contributed by atoms with Crippen LogP contribution in [0.1, 0.15) is 22.8 Å². The molecule has 14 heavy (non-hydrogen) atoms. The van der Waals surface area contributed by atoms with Gasteiger partial charge in [-0.3, -0.25) is 4.79 Å². The summed E-state index contributed by atoms with van der Waals surface area (Å²) in [6.45, 7) is 3.65. The van der Waals surface area contributed by atoms with Gasteiger partial charge in [-0.05, 0) is 26.0 Å². The maximum absolute atomic E-state index is 11.4. The van der Waals surface area contributed by atoms with Gasteiger partial charge in [0.05, 0.1) is 0 Å². The van der Waals surface area contributed by atoms with Gasteiger partial charge in [-0.15, -0.1) is 0 Å². The van der Waals surface area contributed by atoms with Crippen LogP contribution in [0.15, 0.2) is 24.4 Å². The molecular formula is C12H13NO. The van der Waals surface area contributed by atoms with E-state index in [1.807, 2.05) is 24.7 Å². The normalized spacial score (nSPS) is 10.8. The Morgan fingerprint density at radius 2 is 2.07 bits per heavy atom. The summed E-state index contributed by atoms with van der Waals surface area (Å²) in [5.41, 5.74) is 3.11. The molecule has 2 rings (SSSR count). The summed E-state index contributed by atoms with van der Waals surface area (Å²) < 4.78 is 1.99. The first-order valence-electron chi connectivity index (χ1n) is 4.66. The van der Waals surface area contributed by atoms with E-state index in [0.717, 1.165) is 16.5 Å². The molecule has 0 spiro atoms. The molecule has 1 aromatic carbocycles. The summed E-state index contributed by atoms with van der Waals surface area (Å²) in [5, 5.41) is 1.06. The van der Waals surface area contributed by atoms with Gasteiger partial charge in [0.2, 0.25) is 0 Å². The predicted molar refractivity (Wildman–Crippen MR) is 57.7 cm³/mol. The molecule has 0 aliphatic carbocycles. The van der Waals surface area contributed by atoms with Gasteiger partial charge in [-0.2, -0.15) is 0 Å². The summed E-state index contributed by atoms with van der Waals surface area (Å²) in [6, 6.07) is 6.18. The number of carbonyl (C=O) groups excluding carboxylic acids is 1. The van der Waals surface area contributed by atoms with Crippen LogP contribution in [0.4, 0.5) is 0 Å². The van der Waals surface area contributed by atoms with Crippen molar-refractivity contribution in [1.29, 1.82) is 0 Å². The van der Waals surface area contributed by atoms with Crippen LogP contribution in [-0.2, 0) is 7.05 Å². The second-order valence-electron chi connectivity index (χ2n) is 3.73. The molecule has 0 saturated heterocycles. The maximum atomic E-state index is 11.4. The fourth-order valence-corrected chi connectivity index (χ4v) is 1.79. The van der Waals surface area contributed by atoms with Gasteiger partial charge in [-0.1, -0.05) is 11.6 Å². The molecule has 72 valence electrons. The maximum Gasteiger partial charge on any atom is 0.161 e. The van der Waals surface area contributed by atoms with Crippen LogP contribution in [-0.4, -0.2) is 10.4 Å². The number of hydrogen-bond donors (Lipinski definition) is 0. The van der Waals surface area contributed by atoms with Crippen molar-refractivity contribution in [2.45, 2.75) is 13.8 Å². The molecule has 0 bridgehead atoms. The van der Waals surface area contributed by atoms with Crippen molar-refractivity contribution in [3.63, 3.8) is 0 Å². The van der Waals surface area contributed by atoms with Crippen molar-refractivity contribution >= 4 is 16.7 Å². The SMILES string of the molecule is CC(=O)c1cn(C)c2ccc(C)cc12. The number of hydrogen-bond acceptors (Lipinski definition) is 1. The van der Waals surface area contributed by atoms with Gasteiger partial charge < -0.3 is 4.57 Å². The van der Waals surface area contributed by atoms with Crippen LogP contribution in [0.5, 0.6) is 0 Å². The Bertz CT molecular complexity index is 508. The molecule has 1 aromatic heterocycles. The molecule has 0 aliphatic heterocycles. The minimum Gasteiger partial charge on any atom is -0.350 e. The lowest BCUT2D eigenvalue weighted by Gasteiger charge is -1.96. The zero-order chi connectivity index (χ0) is 10.3. The van der Waals surface area contributed by atoms with E-state index in [1.165, 1.54) is 5.56 Å². The van der Waals surface area contributed by atoms with Crippen molar-refractivity contribution in [2.75, 3.05) is 0 Å². The van der Waals surface area contributed by atoms with E-state index in [4.69, 9.17) is 0 Å². The fourth-order valence-electron chi connectivity index (χ4n) is 1.79. The topological polar surface area (TPSA) is 22.0 Å². The van der Waals surface area contributed by atoms with Crippen LogP contribution in [0, 0.1) is 6.92 Å². The highest BCUT2D eigenvalue weighted by atomic mass is 16.1. The fraction of sp³-hybridized carbons (Fsp3) is 0.250. The zero-order valence-corrected chi connectivity index (χ0v) is 8.66. The number of aromatic nitrogens is 1. The summed E-state index contributed by atoms with van der Waals surface area (Å²) in [4.78, 5) is 11.4. The standard InChI is InChI=1S/C12H13NO/c1-8-4-5-12-10(6-8)11(9(2)14)7-13(12)3/h4-7H,1-3H3. The van der Waals surface area contributed by atoms with Crippen LogP contribution in [0.25, 0.3) is 10.9 Å². The molecule has 0 unspecified atom stereocenters. The van der Waals surface area contributed by atoms with Crippen LogP contribution in [0.2, 0.25) is 0 Å². The average Bonchev–Trinajstić information content (AvgIpc) is 2.43. The van der Waals surface area contributed by atoms with Crippen LogP contribution < -0.4 is 0 Å². The first-order valence-corrected chi connectivity index (χ1v) is 4.66. The largest absolute Gasteiger partial charge is 0.350 e. The third-order valence-corrected chi connectivity index (χ3v) is 2.52. The Morgan fingerprint density at radius 3 is 2.71 bits per heavy atom. The van der Waals surface area contributed by atoms with Gasteiger partial charge in [0.25, 0.3) is 0 Å². The number of Topliss-reactive ketones (excluding diaryl/α,β-unsaturated/α-hetero) is 1. The molecule has 0 saturated carbocycles. The van der Waals surface area contributed by atoms with Gasteiger partial charge in [0.15, 0.2) is 5.78 Å². The Balaban J connectivity index is 2.85. The first-order chi connectivity index (χ1) is 6.59. The number of ketones is 1. The van der Waals surface area contributed by atoms with Crippen LogP contribution in [0.3, 0.4) is 0 Å². The predicted octanol–water partition coefficient (Wildman–Crippen LogP) is 2.69. The van der Waals surface area contributed by atoms with Crippen LogP contribution >= 0.6 is 0 Å². The van der Waals surface area contributed by atoms with Gasteiger partial charge >= 0.3 is 0 Å². The van der Waals surface area contributed by atoms with Gasteiger partial charge in [0.1, 0.15) is 0 Å². The molecule has 0 fully saturated rings. The average molecular weight is 187 g/mol. The molecule has 0 amide bonds. The summed E-state index contributed by atoms with van der Waals surface area (Å²) in [6.07, 6.45) is 1.90. The minimum atomic E-state index is 0.126. The molecule has 0 N–H and O–H groups in total. The van der Waals surface area contributed by atoms with E-state index in [0.29, 0.717) is 0 Å². The summed E-state index contributed by atoms with van der Waals surface area (Å²) >= 11 is 0. The van der Waals surface area contributed by atoms with E-state index in [9.17, 15) is 4.79 Å². The summed E-state index contributed by atoms with van der Waals surface area (Å²) in [7, 11) is 1.96. The Morgan fingerprint density at radius 1 is 1.36 bits per heavy atom. The highest BCUT2D eigenvalue weighted by Gasteiger charge is 2.09. The van der Waals surface area contributed by atoms with Crippen molar-refractivity contribution in [3.05, 3.63) is 35.5 Å². The van der Waals surface area contributed by atoms with E-state index < -0.39 is 0 Å². The molecule has 2 aromatic rings. The molecule has 0 aliphatic rings. The third-order valence-electron chi connectivity index (χ3n) is 2.52. The molecular weight excluding hydrogens is 174 g/mol. The van der Waals surface area contributed by atoms with Gasteiger partial charge in [0, 0.05) is 29.7 Å². The van der Waals surface area contributed by atoms with Crippen molar-refractivity contribution in [1.82, 2.24) is 4.57 Å². The van der Waals surface area contributed by atoms with E-state index in [-0.39, 0.29) is 5.78 Å². The number of aryl methyl sites for hydroxylation is 2. The number of carbonyl (C=O) groups is 1. The molecule has 0 atom stereocenters. The molecule has 0 radical (unpaired) electrons. The van der Waals surface area contributed by atoms with E-state index >= 15 is 0 Å². The summed E-state index contributed by atoms with van der Waals surface area (Å²) in [5.74, 6) is 0.126. The van der Waals surface area contributed by atoms with Crippen molar-refractivity contribution < 1.29 is 4.79 Å². The molecule has 2 nitrogen and oxygen atoms in total. The quantitative estimate of drug-likeness (QED) is 0.629. The highest BCUT2D eigenvalue weighted by Crippen LogP contribution is 2.22. The monoisotopic (exact) mass is 187 g/mol. The Kier molecular flexibility index (Phi) is 1.92. The smallest absolute Gasteiger partial charge is 0.161 e. The zero-order valence-electron chi connectivity index (χ0n) is 8.66. The Labute approximate surface area is 83.2 Å². The highest BCUT2D eigenvalue weighted by molar-refractivity contribution is 6.07. The van der Waals surface area contributed by atoms with Crippen molar-refractivity contribution in [2.24, 2.45) is 7.05 Å². The molecule has 2 heteroatoms. The van der Waals surface area contributed by atoms with Crippen molar-refractivity contribution in [3.8, 4) is 0 Å². The number of rotatable bonds is 1. The first kappa shape index (κ1) is 9.00. The Hall–Kier alpha value is -1.57. The van der Waals surface area contributed by atoms with E-state index in [2.05, 4.69) is 18.2 Å². The lowest BCUT2D eigenvalue weighted by Crippen LogP contribution is -1.89.